The quantitative estimate of drug-likeness (QED) is 0.0541. The van der Waals surface area contributed by atoms with Crippen LogP contribution < -0.4 is 0 Å². The van der Waals surface area contributed by atoms with E-state index in [-0.39, 0.29) is 30.1 Å². The van der Waals surface area contributed by atoms with E-state index in [9.17, 15) is 66.1 Å². The average Bonchev–Trinajstić information content (AvgIpc) is 3.16. The third kappa shape index (κ3) is 10.0. The van der Waals surface area contributed by atoms with Crippen molar-refractivity contribution < 1.29 is 99.2 Å². The topological polar surface area (TPSA) is 324 Å². The van der Waals surface area contributed by atoms with E-state index in [0.29, 0.717) is 5.56 Å². The van der Waals surface area contributed by atoms with Gasteiger partial charge in [-0.15, -0.1) is 0 Å². The van der Waals surface area contributed by atoms with Gasteiger partial charge >= 0.3 is 5.97 Å². The molecule has 0 aromatic heterocycles. The molecule has 0 amide bonds. The van der Waals surface area contributed by atoms with Crippen molar-refractivity contribution in [1.82, 2.24) is 0 Å². The molecule has 2 aromatic carbocycles. The van der Waals surface area contributed by atoms with Crippen molar-refractivity contribution in [2.45, 2.75) is 105 Å². The number of phenols is 4. The summed E-state index contributed by atoms with van der Waals surface area (Å²) in [5, 5.41) is 123. The largest absolute Gasteiger partial charge is 0.504 e. The minimum absolute atomic E-state index is 0.111. The lowest BCUT2D eigenvalue weighted by Crippen LogP contribution is -2.65. The Bertz CT molecular complexity index is 1610. The van der Waals surface area contributed by atoms with Crippen molar-refractivity contribution in [3.8, 4) is 23.0 Å². The van der Waals surface area contributed by atoms with E-state index in [1.807, 2.05) is 0 Å². The Hall–Kier alpha value is -3.71. The Morgan fingerprint density at radius 1 is 0.673 bits per heavy atom. The molecule has 0 saturated carbocycles. The van der Waals surface area contributed by atoms with Gasteiger partial charge in [-0.2, -0.15) is 0 Å². The predicted molar refractivity (Wildman–Crippen MR) is 180 cm³/mol. The first-order valence-corrected chi connectivity index (χ1v) is 17.2. The maximum Gasteiger partial charge on any atom is 0.331 e. The fourth-order valence-corrected chi connectivity index (χ4v) is 6.14. The summed E-state index contributed by atoms with van der Waals surface area (Å²) in [4.78, 5) is 13.3. The van der Waals surface area contributed by atoms with E-state index in [4.69, 9.17) is 33.2 Å². The van der Waals surface area contributed by atoms with Gasteiger partial charge < -0.3 is 94.4 Å². The smallest absolute Gasteiger partial charge is 0.331 e. The van der Waals surface area contributed by atoms with Crippen LogP contribution in [0, 0.1) is 0 Å². The molecule has 20 heteroatoms. The monoisotopic (exact) mass is 786 g/mol. The van der Waals surface area contributed by atoms with Gasteiger partial charge in [-0.25, -0.2) is 4.79 Å². The Morgan fingerprint density at radius 2 is 1.29 bits per heavy atom. The fraction of sp³-hybridized carbons (Fsp3) is 0.571. The molecule has 20 nitrogen and oxygen atoms in total. The fourth-order valence-electron chi connectivity index (χ4n) is 6.14. The van der Waals surface area contributed by atoms with Crippen LogP contribution in [-0.2, 0) is 44.4 Å². The second-order valence-electron chi connectivity index (χ2n) is 13.3. The number of carbonyl (C=O) groups excluding carboxylic acids is 1. The zero-order valence-electron chi connectivity index (χ0n) is 29.2. The average molecular weight is 787 g/mol. The van der Waals surface area contributed by atoms with Crippen LogP contribution in [0.3, 0.4) is 0 Å². The van der Waals surface area contributed by atoms with Gasteiger partial charge in [0.1, 0.15) is 61.0 Å². The van der Waals surface area contributed by atoms with Gasteiger partial charge in [-0.1, -0.05) is 12.1 Å². The van der Waals surface area contributed by atoms with Gasteiger partial charge in [-0.05, 0) is 54.8 Å². The van der Waals surface area contributed by atoms with E-state index in [2.05, 4.69) is 0 Å². The number of benzene rings is 2. The van der Waals surface area contributed by atoms with Gasteiger partial charge in [0.05, 0.1) is 25.9 Å². The van der Waals surface area contributed by atoms with E-state index < -0.39 is 123 Å². The molecular weight excluding hydrogens is 740 g/mol. The standard InChI is InChI=1S/C35H46O20/c1-14-24(42)26(44)29(47)35(51-14)55-32-30(48)34(49-9-8-16-3-6-18(38)20(40)11-16)53-22(13-50-33-28(46)27(45)25(43)21(12-36)52-33)31(32)54-23(41)7-4-15-2-5-17(37)19(39)10-15/h2-7,10-11,14,21-22,24-40,42-48H,8-9,12-13H2,1H3/t14-,21+,22-,24-,25-,26+,27-,28+,29+,30+,31?,32+,33+,34+,35?/m0/s1. The van der Waals surface area contributed by atoms with Crippen LogP contribution in [0.1, 0.15) is 18.1 Å². The summed E-state index contributed by atoms with van der Waals surface area (Å²) in [6, 6.07) is 7.75. The van der Waals surface area contributed by atoms with E-state index >= 15 is 0 Å². The number of aromatic hydroxyl groups is 4. The van der Waals surface area contributed by atoms with Crippen molar-refractivity contribution in [2.75, 3.05) is 19.8 Å². The summed E-state index contributed by atoms with van der Waals surface area (Å²) < 4.78 is 40.2. The molecule has 0 bridgehead atoms. The molecule has 0 radical (unpaired) electrons. The SMILES string of the molecule is C[C@@H]1OC(O[C@H]2C(OC(=O)C=Cc3ccc(O)c(O)c3)[C@H](CO[C@@H]3O[C@H](CO)[C@H](O)[C@H](O)[C@H]3O)O[C@@H](OCCc3ccc(O)c(O)c3)[C@@H]2O)[C@H](O)[C@H](O)[C@H]1O. The third-order valence-corrected chi connectivity index (χ3v) is 9.36. The molecule has 2 unspecified atom stereocenters. The number of hydrogen-bond acceptors (Lipinski definition) is 20. The second kappa shape index (κ2) is 18.5. The van der Waals surface area contributed by atoms with Gasteiger partial charge in [0, 0.05) is 6.08 Å². The molecule has 3 saturated heterocycles. The first-order chi connectivity index (χ1) is 26.1. The molecule has 3 aliphatic rings. The number of ether oxygens (including phenoxy) is 7. The van der Waals surface area contributed by atoms with Crippen molar-refractivity contribution in [2.24, 2.45) is 0 Å². The predicted octanol–water partition coefficient (Wildman–Crippen LogP) is -3.19. The highest BCUT2D eigenvalue weighted by atomic mass is 16.8. The molecule has 0 aliphatic carbocycles. The highest BCUT2D eigenvalue weighted by molar-refractivity contribution is 5.87. The lowest BCUT2D eigenvalue weighted by Gasteiger charge is -2.47. The first-order valence-electron chi connectivity index (χ1n) is 17.2. The molecule has 2 aromatic rings. The minimum atomic E-state index is -1.88. The molecular formula is C35H46O20. The molecule has 3 aliphatic heterocycles. The Morgan fingerprint density at radius 3 is 1.96 bits per heavy atom. The molecule has 3 fully saturated rings. The van der Waals surface area contributed by atoms with E-state index in [1.165, 1.54) is 43.3 Å². The summed E-state index contributed by atoms with van der Waals surface area (Å²) in [7, 11) is 0. The second-order valence-corrected chi connectivity index (χ2v) is 13.3. The van der Waals surface area contributed by atoms with Crippen LogP contribution in [0.15, 0.2) is 42.5 Å². The van der Waals surface area contributed by atoms with E-state index in [1.54, 1.807) is 0 Å². The maximum atomic E-state index is 13.3. The van der Waals surface area contributed by atoms with Crippen molar-refractivity contribution in [3.63, 3.8) is 0 Å². The van der Waals surface area contributed by atoms with Crippen molar-refractivity contribution >= 4 is 12.0 Å². The number of carbonyl (C=O) groups is 1. The van der Waals surface area contributed by atoms with Crippen LogP contribution in [0.4, 0.5) is 0 Å². The zero-order valence-corrected chi connectivity index (χ0v) is 29.2. The minimum Gasteiger partial charge on any atom is -0.504 e. The van der Waals surface area contributed by atoms with Gasteiger partial charge in [0.25, 0.3) is 0 Å². The van der Waals surface area contributed by atoms with Crippen LogP contribution >= 0.6 is 0 Å². The summed E-state index contributed by atoms with van der Waals surface area (Å²) in [6.07, 6.45) is -22.6. The molecule has 0 spiro atoms. The van der Waals surface area contributed by atoms with Crippen LogP contribution in [-0.4, -0.2) is 179 Å². The number of phenolic OH excluding ortho intramolecular Hbond substituents is 4. The van der Waals surface area contributed by atoms with Gasteiger partial charge in [-0.3, -0.25) is 0 Å². The zero-order chi connectivity index (χ0) is 40.1. The Labute approximate surface area is 313 Å². The molecule has 55 heavy (non-hydrogen) atoms. The number of esters is 1. The van der Waals surface area contributed by atoms with Crippen LogP contribution in [0.5, 0.6) is 23.0 Å². The third-order valence-electron chi connectivity index (χ3n) is 9.36. The lowest BCUT2D eigenvalue weighted by molar-refractivity contribution is -0.364. The van der Waals surface area contributed by atoms with E-state index in [0.717, 1.165) is 12.1 Å². The molecule has 3 heterocycles. The normalized spacial score (nSPS) is 36.9. The number of rotatable bonds is 13. The summed E-state index contributed by atoms with van der Waals surface area (Å²) in [5.41, 5.74) is 0.773. The first kappa shape index (κ1) is 42.4. The van der Waals surface area contributed by atoms with Gasteiger partial charge in [0.15, 0.2) is 48.0 Å². The highest BCUT2D eigenvalue weighted by Crippen LogP contribution is 2.33. The highest BCUT2D eigenvalue weighted by Gasteiger charge is 2.53. The Balaban J connectivity index is 1.43. The molecule has 15 atom stereocenters. The Kier molecular flexibility index (Phi) is 14.3. The molecule has 5 rings (SSSR count). The van der Waals surface area contributed by atoms with Gasteiger partial charge in [0.2, 0.25) is 0 Å². The van der Waals surface area contributed by atoms with Crippen molar-refractivity contribution in [1.29, 1.82) is 0 Å². The summed E-state index contributed by atoms with van der Waals surface area (Å²) in [6.45, 7) is -0.254. The number of aliphatic hydroxyl groups excluding tert-OH is 8. The number of aliphatic hydroxyl groups is 8. The van der Waals surface area contributed by atoms with Crippen LogP contribution in [0.25, 0.3) is 6.08 Å². The van der Waals surface area contributed by atoms with Crippen molar-refractivity contribution in [3.05, 3.63) is 53.6 Å². The number of hydrogen-bond donors (Lipinski definition) is 12. The maximum absolute atomic E-state index is 13.3. The van der Waals surface area contributed by atoms with Crippen LogP contribution in [0.2, 0.25) is 0 Å². The molecule has 12 N–H and O–H groups in total. The lowest BCUT2D eigenvalue weighted by atomic mass is 9.96. The summed E-state index contributed by atoms with van der Waals surface area (Å²) >= 11 is 0. The molecule has 306 valence electrons. The summed E-state index contributed by atoms with van der Waals surface area (Å²) in [5.74, 6) is -2.71.